The fourth-order valence-corrected chi connectivity index (χ4v) is 2.54. The summed E-state index contributed by atoms with van der Waals surface area (Å²) in [4.78, 5) is 28.2. The van der Waals surface area contributed by atoms with Crippen molar-refractivity contribution in [1.29, 1.82) is 0 Å². The molecule has 0 atom stereocenters. The first-order valence-corrected chi connectivity index (χ1v) is 7.97. The van der Waals surface area contributed by atoms with Gasteiger partial charge in [-0.3, -0.25) is 14.2 Å². The summed E-state index contributed by atoms with van der Waals surface area (Å²) in [5.41, 5.74) is 1.44. The number of nitrogens with one attached hydrogen (secondary N) is 1. The molecule has 7 nitrogen and oxygen atoms in total. The molecule has 0 unspecified atom stereocenters. The molecule has 0 aliphatic heterocycles. The van der Waals surface area contributed by atoms with Gasteiger partial charge in [-0.1, -0.05) is 6.07 Å². The van der Waals surface area contributed by atoms with Crippen molar-refractivity contribution in [2.24, 2.45) is 0 Å². The van der Waals surface area contributed by atoms with E-state index < -0.39 is 0 Å². The van der Waals surface area contributed by atoms with Gasteiger partial charge in [-0.25, -0.2) is 4.98 Å². The number of amides is 1. The summed E-state index contributed by atoms with van der Waals surface area (Å²) in [5.74, 6) is 1.62. The molecular weight excluding hydrogens is 322 g/mol. The quantitative estimate of drug-likeness (QED) is 0.816. The van der Waals surface area contributed by atoms with Crippen molar-refractivity contribution in [3.63, 3.8) is 0 Å². The Bertz CT molecular complexity index is 814. The molecule has 1 aromatic heterocycles. The van der Waals surface area contributed by atoms with Crippen LogP contribution in [0, 0.1) is 13.8 Å². The second kappa shape index (κ2) is 8.32. The monoisotopic (exact) mass is 345 g/mol. The van der Waals surface area contributed by atoms with Crippen molar-refractivity contribution in [3.8, 4) is 11.5 Å². The van der Waals surface area contributed by atoms with E-state index in [1.165, 1.54) is 10.6 Å². The van der Waals surface area contributed by atoms with Crippen molar-refractivity contribution in [3.05, 3.63) is 51.7 Å². The Labute approximate surface area is 146 Å². The number of hydrogen-bond acceptors (Lipinski definition) is 5. The minimum atomic E-state index is -0.226. The molecule has 2 rings (SSSR count). The van der Waals surface area contributed by atoms with E-state index in [-0.39, 0.29) is 18.0 Å². The maximum atomic E-state index is 12.1. The maximum Gasteiger partial charge on any atom is 0.254 e. The molecule has 0 aliphatic rings. The molecule has 1 aromatic carbocycles. The molecule has 0 spiro atoms. The number of nitrogens with zero attached hydrogens (tertiary/aromatic N) is 2. The third-order valence-corrected chi connectivity index (χ3v) is 3.81. The van der Waals surface area contributed by atoms with Gasteiger partial charge in [0.15, 0.2) is 11.5 Å². The van der Waals surface area contributed by atoms with E-state index in [1.807, 2.05) is 18.2 Å². The molecule has 0 saturated carbocycles. The maximum absolute atomic E-state index is 12.1. The highest BCUT2D eigenvalue weighted by atomic mass is 16.5. The topological polar surface area (TPSA) is 82.5 Å². The van der Waals surface area contributed by atoms with E-state index in [0.29, 0.717) is 36.0 Å². The number of aromatic nitrogens is 2. The third kappa shape index (κ3) is 4.82. The van der Waals surface area contributed by atoms with E-state index in [1.54, 1.807) is 28.1 Å². The summed E-state index contributed by atoms with van der Waals surface area (Å²) in [5, 5.41) is 2.82. The molecule has 0 aliphatic carbocycles. The number of ether oxygens (including phenoxy) is 2. The molecule has 1 heterocycles. The van der Waals surface area contributed by atoms with Crippen LogP contribution >= 0.6 is 0 Å². The van der Waals surface area contributed by atoms with Crippen LogP contribution in [-0.4, -0.2) is 36.2 Å². The number of hydrogen-bond donors (Lipinski definition) is 1. The van der Waals surface area contributed by atoms with E-state index in [0.717, 1.165) is 5.56 Å². The first-order valence-electron chi connectivity index (χ1n) is 7.97. The summed E-state index contributed by atoms with van der Waals surface area (Å²) in [6.07, 6.45) is 0.645. The molecule has 2 aromatic rings. The van der Waals surface area contributed by atoms with Crippen LogP contribution in [0.1, 0.15) is 17.1 Å². The Morgan fingerprint density at radius 3 is 2.52 bits per heavy atom. The molecular formula is C18H23N3O4. The normalized spacial score (nSPS) is 10.4. The summed E-state index contributed by atoms with van der Waals surface area (Å²) in [7, 11) is 3.17. The predicted octanol–water partition coefficient (Wildman–Crippen LogP) is 1.24. The summed E-state index contributed by atoms with van der Waals surface area (Å²) >= 11 is 0. The highest BCUT2D eigenvalue weighted by Crippen LogP contribution is 2.27. The average Bonchev–Trinajstić information content (AvgIpc) is 2.58. The van der Waals surface area contributed by atoms with E-state index >= 15 is 0 Å². The third-order valence-electron chi connectivity index (χ3n) is 3.81. The number of benzene rings is 1. The number of rotatable bonds is 7. The molecule has 1 N–H and O–H groups in total. The van der Waals surface area contributed by atoms with Gasteiger partial charge in [-0.2, -0.15) is 0 Å². The predicted molar refractivity (Wildman–Crippen MR) is 94.2 cm³/mol. The largest absolute Gasteiger partial charge is 0.493 e. The Balaban J connectivity index is 1.92. The van der Waals surface area contributed by atoms with Gasteiger partial charge in [0.2, 0.25) is 5.91 Å². The van der Waals surface area contributed by atoms with Gasteiger partial charge >= 0.3 is 0 Å². The standard InChI is InChI=1S/C18H23N3O4/c1-12-9-18(23)21(13(2)20-12)11-17(22)19-8-7-14-5-6-15(24-3)16(10-14)25-4/h5-6,9-10H,7-8,11H2,1-4H3,(H,19,22). The Kier molecular flexibility index (Phi) is 6.16. The fraction of sp³-hybridized carbons (Fsp3) is 0.389. The van der Waals surface area contributed by atoms with Gasteiger partial charge in [0.25, 0.3) is 5.56 Å². The zero-order valence-corrected chi connectivity index (χ0v) is 15.0. The van der Waals surface area contributed by atoms with Gasteiger partial charge in [0.1, 0.15) is 12.4 Å². The Morgan fingerprint density at radius 1 is 1.16 bits per heavy atom. The number of methoxy groups -OCH3 is 2. The van der Waals surface area contributed by atoms with Crippen LogP contribution in [0.3, 0.4) is 0 Å². The lowest BCUT2D eigenvalue weighted by molar-refractivity contribution is -0.121. The molecule has 0 saturated heterocycles. The summed E-state index contributed by atoms with van der Waals surface area (Å²) in [6, 6.07) is 7.05. The van der Waals surface area contributed by atoms with Gasteiger partial charge in [-0.15, -0.1) is 0 Å². The van der Waals surface area contributed by atoms with E-state index in [9.17, 15) is 9.59 Å². The molecule has 0 radical (unpaired) electrons. The highest BCUT2D eigenvalue weighted by molar-refractivity contribution is 5.75. The lowest BCUT2D eigenvalue weighted by Crippen LogP contribution is -2.34. The number of carbonyl (C=O) groups excluding carboxylic acids is 1. The zero-order valence-electron chi connectivity index (χ0n) is 15.0. The first kappa shape index (κ1) is 18.5. The molecule has 0 bridgehead atoms. The van der Waals surface area contributed by atoms with Crippen LogP contribution in [0.2, 0.25) is 0 Å². The average molecular weight is 345 g/mol. The second-order valence-electron chi connectivity index (χ2n) is 5.66. The fourth-order valence-electron chi connectivity index (χ4n) is 2.54. The minimum Gasteiger partial charge on any atom is -0.493 e. The number of aryl methyl sites for hydroxylation is 2. The smallest absolute Gasteiger partial charge is 0.254 e. The van der Waals surface area contributed by atoms with Crippen molar-refractivity contribution >= 4 is 5.91 Å². The molecule has 1 amide bonds. The van der Waals surface area contributed by atoms with Crippen LogP contribution in [0.4, 0.5) is 0 Å². The van der Waals surface area contributed by atoms with Crippen LogP contribution < -0.4 is 20.3 Å². The van der Waals surface area contributed by atoms with Crippen LogP contribution in [0.25, 0.3) is 0 Å². The van der Waals surface area contributed by atoms with Crippen molar-refractivity contribution in [2.75, 3.05) is 20.8 Å². The Hall–Kier alpha value is -2.83. The van der Waals surface area contributed by atoms with Crippen LogP contribution in [0.15, 0.2) is 29.1 Å². The molecule has 7 heteroatoms. The molecule has 134 valence electrons. The van der Waals surface area contributed by atoms with Crippen LogP contribution in [0.5, 0.6) is 11.5 Å². The lowest BCUT2D eigenvalue weighted by atomic mass is 10.1. The molecule has 25 heavy (non-hydrogen) atoms. The molecule has 0 fully saturated rings. The van der Waals surface area contributed by atoms with E-state index in [2.05, 4.69) is 10.3 Å². The summed E-state index contributed by atoms with van der Waals surface area (Å²) in [6.45, 7) is 3.89. The second-order valence-corrected chi connectivity index (χ2v) is 5.66. The first-order chi connectivity index (χ1) is 11.9. The van der Waals surface area contributed by atoms with Gasteiger partial charge in [0, 0.05) is 18.3 Å². The van der Waals surface area contributed by atoms with Crippen molar-refractivity contribution in [1.82, 2.24) is 14.9 Å². The van der Waals surface area contributed by atoms with Gasteiger partial charge in [0.05, 0.1) is 14.2 Å². The van der Waals surface area contributed by atoms with E-state index in [4.69, 9.17) is 9.47 Å². The van der Waals surface area contributed by atoms with Crippen molar-refractivity contribution in [2.45, 2.75) is 26.8 Å². The minimum absolute atomic E-state index is 0.0378. The number of carbonyl (C=O) groups is 1. The SMILES string of the molecule is COc1ccc(CCNC(=O)Cn2c(C)nc(C)cc2=O)cc1OC. The van der Waals surface area contributed by atoms with Crippen LogP contribution in [-0.2, 0) is 17.8 Å². The Morgan fingerprint density at radius 2 is 1.88 bits per heavy atom. The lowest BCUT2D eigenvalue weighted by Gasteiger charge is -2.11. The van der Waals surface area contributed by atoms with Gasteiger partial charge < -0.3 is 14.8 Å². The zero-order chi connectivity index (χ0) is 18.4. The summed E-state index contributed by atoms with van der Waals surface area (Å²) < 4.78 is 11.8. The highest BCUT2D eigenvalue weighted by Gasteiger charge is 2.09. The van der Waals surface area contributed by atoms with Crippen molar-refractivity contribution < 1.29 is 14.3 Å². The van der Waals surface area contributed by atoms with Gasteiger partial charge in [-0.05, 0) is 38.0 Å².